The van der Waals surface area contributed by atoms with Crippen LogP contribution in [0.25, 0.3) is 0 Å². The number of aromatic nitrogens is 3. The highest BCUT2D eigenvalue weighted by molar-refractivity contribution is 5.94. The van der Waals surface area contributed by atoms with E-state index in [1.807, 2.05) is 25.6 Å². The second kappa shape index (κ2) is 7.92. The topological polar surface area (TPSA) is 72.3 Å². The van der Waals surface area contributed by atoms with Crippen LogP contribution < -0.4 is 5.32 Å². The highest BCUT2D eigenvalue weighted by Crippen LogP contribution is 2.17. The van der Waals surface area contributed by atoms with Gasteiger partial charge in [0.05, 0.1) is 12.3 Å². The number of nitrogens with zero attached hydrogens (tertiary/aromatic N) is 4. The lowest BCUT2D eigenvalue weighted by Gasteiger charge is -2.23. The summed E-state index contributed by atoms with van der Waals surface area (Å²) in [5, 5.41) is 7.39. The third kappa shape index (κ3) is 3.91. The minimum atomic E-state index is -0.0476. The Bertz CT molecular complexity index is 711. The molecule has 2 rings (SSSR count). The number of nitrogens with one attached hydrogen (secondary N) is 1. The molecular formula is C17H25N5O2. The van der Waals surface area contributed by atoms with E-state index in [0.717, 1.165) is 17.0 Å². The van der Waals surface area contributed by atoms with Crippen molar-refractivity contribution in [2.75, 3.05) is 32.6 Å². The molecule has 130 valence electrons. The molecule has 0 aliphatic rings. The summed E-state index contributed by atoms with van der Waals surface area (Å²) in [4.78, 5) is 18.9. The first kappa shape index (κ1) is 17.9. The fourth-order valence-corrected chi connectivity index (χ4v) is 2.57. The van der Waals surface area contributed by atoms with Gasteiger partial charge in [0.2, 0.25) is 0 Å². The Morgan fingerprint density at radius 3 is 2.75 bits per heavy atom. The minimum absolute atomic E-state index is 0.0476. The molecule has 1 amide bonds. The van der Waals surface area contributed by atoms with Crippen molar-refractivity contribution in [2.45, 2.75) is 20.4 Å². The second-order valence-electron chi connectivity index (χ2n) is 5.67. The summed E-state index contributed by atoms with van der Waals surface area (Å²) in [6.45, 7) is 5.48. The van der Waals surface area contributed by atoms with Crippen LogP contribution >= 0.6 is 0 Å². The standard InChI is InChI=1S/C17H25N5O2/c1-12-15(13(2)21(4)20-12)11-22(8-9-24-5)17(23)14-6-7-19-16(10-14)18-3/h6-7,10H,8-9,11H2,1-5H3,(H,18,19). The monoisotopic (exact) mass is 331 g/mol. The maximum atomic E-state index is 12.9. The Kier molecular flexibility index (Phi) is 5.92. The Balaban J connectivity index is 2.28. The third-order valence-corrected chi connectivity index (χ3v) is 4.12. The third-order valence-electron chi connectivity index (χ3n) is 4.12. The van der Waals surface area contributed by atoms with Gasteiger partial charge in [0.1, 0.15) is 5.82 Å². The molecule has 7 nitrogen and oxygen atoms in total. The molecule has 0 aliphatic heterocycles. The summed E-state index contributed by atoms with van der Waals surface area (Å²) in [6, 6.07) is 3.48. The summed E-state index contributed by atoms with van der Waals surface area (Å²) in [5.74, 6) is 0.620. The molecule has 1 N–H and O–H groups in total. The molecule has 24 heavy (non-hydrogen) atoms. The van der Waals surface area contributed by atoms with E-state index in [0.29, 0.717) is 31.1 Å². The van der Waals surface area contributed by atoms with Gasteiger partial charge in [0, 0.05) is 57.3 Å². The van der Waals surface area contributed by atoms with Crippen molar-refractivity contribution in [2.24, 2.45) is 7.05 Å². The first-order valence-electron chi connectivity index (χ1n) is 7.89. The molecule has 0 unspecified atom stereocenters. The molecule has 2 aromatic rings. The van der Waals surface area contributed by atoms with E-state index in [1.54, 1.807) is 37.4 Å². The van der Waals surface area contributed by atoms with Crippen molar-refractivity contribution < 1.29 is 9.53 Å². The van der Waals surface area contributed by atoms with Gasteiger partial charge in [0.15, 0.2) is 0 Å². The quantitative estimate of drug-likeness (QED) is 0.837. The number of pyridine rings is 1. The zero-order chi connectivity index (χ0) is 17.7. The van der Waals surface area contributed by atoms with Gasteiger partial charge >= 0.3 is 0 Å². The van der Waals surface area contributed by atoms with Crippen LogP contribution in [0, 0.1) is 13.8 Å². The summed E-state index contributed by atoms with van der Waals surface area (Å²) in [6.07, 6.45) is 1.63. The number of methoxy groups -OCH3 is 1. The van der Waals surface area contributed by atoms with Gasteiger partial charge in [0.25, 0.3) is 5.91 Å². The van der Waals surface area contributed by atoms with Crippen molar-refractivity contribution in [3.8, 4) is 0 Å². The van der Waals surface area contributed by atoms with Gasteiger partial charge in [-0.05, 0) is 26.0 Å². The minimum Gasteiger partial charge on any atom is -0.383 e. The van der Waals surface area contributed by atoms with Crippen LogP contribution in [0.1, 0.15) is 27.3 Å². The predicted octanol–water partition coefficient (Wildman–Crippen LogP) is 1.76. The van der Waals surface area contributed by atoms with Gasteiger partial charge in [-0.15, -0.1) is 0 Å². The molecule has 0 aromatic carbocycles. The zero-order valence-electron chi connectivity index (χ0n) is 15.0. The lowest BCUT2D eigenvalue weighted by Crippen LogP contribution is -2.34. The van der Waals surface area contributed by atoms with Crippen molar-refractivity contribution >= 4 is 11.7 Å². The molecule has 0 radical (unpaired) electrons. The molecule has 0 aliphatic carbocycles. The van der Waals surface area contributed by atoms with E-state index in [9.17, 15) is 4.79 Å². The predicted molar refractivity (Wildman–Crippen MR) is 93.1 cm³/mol. The van der Waals surface area contributed by atoms with Gasteiger partial charge in [-0.3, -0.25) is 9.48 Å². The van der Waals surface area contributed by atoms with Crippen molar-refractivity contribution in [3.05, 3.63) is 40.8 Å². The first-order valence-corrected chi connectivity index (χ1v) is 7.89. The van der Waals surface area contributed by atoms with Gasteiger partial charge in [-0.1, -0.05) is 0 Å². The maximum Gasteiger partial charge on any atom is 0.254 e. The highest BCUT2D eigenvalue weighted by atomic mass is 16.5. The number of aryl methyl sites for hydroxylation is 2. The average molecular weight is 331 g/mol. The number of carbonyl (C=O) groups is 1. The second-order valence-corrected chi connectivity index (χ2v) is 5.67. The van der Waals surface area contributed by atoms with Gasteiger partial charge < -0.3 is 15.0 Å². The van der Waals surface area contributed by atoms with Crippen molar-refractivity contribution in [1.29, 1.82) is 0 Å². The maximum absolute atomic E-state index is 12.9. The van der Waals surface area contributed by atoms with Crippen molar-refractivity contribution in [1.82, 2.24) is 19.7 Å². The van der Waals surface area contributed by atoms with Gasteiger partial charge in [-0.2, -0.15) is 5.10 Å². The highest BCUT2D eigenvalue weighted by Gasteiger charge is 2.20. The van der Waals surface area contributed by atoms with Crippen LogP contribution in [0.15, 0.2) is 18.3 Å². The van der Waals surface area contributed by atoms with Crippen LogP contribution in [-0.4, -0.2) is 52.9 Å². The number of hydrogen-bond donors (Lipinski definition) is 1. The lowest BCUT2D eigenvalue weighted by atomic mass is 10.1. The molecule has 0 spiro atoms. The Hall–Kier alpha value is -2.41. The number of anilines is 1. The molecule has 7 heteroatoms. The zero-order valence-corrected chi connectivity index (χ0v) is 15.0. The van der Waals surface area contributed by atoms with Crippen LogP contribution in [0.5, 0.6) is 0 Å². The molecule has 0 fully saturated rings. The fourth-order valence-electron chi connectivity index (χ4n) is 2.57. The number of carbonyl (C=O) groups excluding carboxylic acids is 1. The summed E-state index contributed by atoms with van der Waals surface area (Å²) in [5.41, 5.74) is 3.68. The van der Waals surface area contributed by atoms with Crippen LogP contribution in [0.3, 0.4) is 0 Å². The molecule has 2 heterocycles. The van der Waals surface area contributed by atoms with Crippen molar-refractivity contribution in [3.63, 3.8) is 0 Å². The summed E-state index contributed by atoms with van der Waals surface area (Å²) >= 11 is 0. The van der Waals surface area contributed by atoms with E-state index >= 15 is 0 Å². The first-order chi connectivity index (χ1) is 11.5. The number of hydrogen-bond acceptors (Lipinski definition) is 5. The molecule has 0 saturated heterocycles. The molecule has 0 atom stereocenters. The van der Waals surface area contributed by atoms with E-state index in [4.69, 9.17) is 4.74 Å². The number of rotatable bonds is 7. The molecule has 2 aromatic heterocycles. The number of ether oxygens (including phenoxy) is 1. The molecule has 0 saturated carbocycles. The van der Waals surface area contributed by atoms with E-state index < -0.39 is 0 Å². The summed E-state index contributed by atoms with van der Waals surface area (Å²) < 4.78 is 7.01. The van der Waals surface area contributed by atoms with Crippen LogP contribution in [-0.2, 0) is 18.3 Å². The average Bonchev–Trinajstić information content (AvgIpc) is 2.83. The SMILES string of the molecule is CNc1cc(C(=O)N(CCOC)Cc2c(C)nn(C)c2C)ccn1. The Labute approximate surface area is 142 Å². The molecule has 0 bridgehead atoms. The van der Waals surface area contributed by atoms with E-state index in [2.05, 4.69) is 15.4 Å². The Morgan fingerprint density at radius 1 is 1.42 bits per heavy atom. The fraction of sp³-hybridized carbons (Fsp3) is 0.471. The van der Waals surface area contributed by atoms with E-state index in [1.165, 1.54) is 0 Å². The molecular weight excluding hydrogens is 306 g/mol. The van der Waals surface area contributed by atoms with Crippen LogP contribution in [0.4, 0.5) is 5.82 Å². The summed E-state index contributed by atoms with van der Waals surface area (Å²) in [7, 11) is 5.33. The lowest BCUT2D eigenvalue weighted by molar-refractivity contribution is 0.0679. The smallest absolute Gasteiger partial charge is 0.254 e. The van der Waals surface area contributed by atoms with Crippen LogP contribution in [0.2, 0.25) is 0 Å². The Morgan fingerprint density at radius 2 is 2.17 bits per heavy atom. The van der Waals surface area contributed by atoms with Gasteiger partial charge in [-0.25, -0.2) is 4.98 Å². The number of amides is 1. The normalized spacial score (nSPS) is 10.7. The van der Waals surface area contributed by atoms with E-state index in [-0.39, 0.29) is 5.91 Å². The largest absolute Gasteiger partial charge is 0.383 e.